The lowest BCUT2D eigenvalue weighted by Crippen LogP contribution is -2.33. The van der Waals surface area contributed by atoms with Crippen molar-refractivity contribution in [2.24, 2.45) is 0 Å². The van der Waals surface area contributed by atoms with Crippen LogP contribution in [-0.2, 0) is 9.59 Å². The number of rotatable bonds is 7. The van der Waals surface area contributed by atoms with Crippen LogP contribution in [0.15, 0.2) is 54.6 Å². The Bertz CT molecular complexity index is 893. The van der Waals surface area contributed by atoms with Gasteiger partial charge < -0.3 is 15.1 Å². The van der Waals surface area contributed by atoms with Gasteiger partial charge >= 0.3 is 0 Å². The fraction of sp³-hybridized carbons (Fsp3) is 0.304. The molecule has 2 aromatic rings. The number of nitrogens with one attached hydrogen (secondary N) is 1. The molecule has 0 radical (unpaired) electrons. The van der Waals surface area contributed by atoms with Gasteiger partial charge in [0, 0.05) is 31.3 Å². The van der Waals surface area contributed by atoms with Crippen molar-refractivity contribution < 1.29 is 14.0 Å². The van der Waals surface area contributed by atoms with Crippen molar-refractivity contribution in [3.63, 3.8) is 0 Å². The molecule has 2 amide bonds. The molecule has 0 bridgehead atoms. The van der Waals surface area contributed by atoms with Crippen molar-refractivity contribution in [3.8, 4) is 0 Å². The summed E-state index contributed by atoms with van der Waals surface area (Å²) in [6.07, 6.45) is 4.71. The van der Waals surface area contributed by atoms with Crippen LogP contribution in [-0.4, -0.2) is 43.9 Å². The molecular weight excluding hydrogens is 369 g/mol. The first-order chi connectivity index (χ1) is 13.9. The molecule has 0 aromatic heterocycles. The van der Waals surface area contributed by atoms with E-state index in [1.54, 1.807) is 17.0 Å². The average Bonchev–Trinajstić information content (AvgIpc) is 3.12. The van der Waals surface area contributed by atoms with E-state index in [1.165, 1.54) is 18.2 Å². The van der Waals surface area contributed by atoms with Crippen LogP contribution in [0.25, 0.3) is 6.08 Å². The van der Waals surface area contributed by atoms with E-state index in [9.17, 15) is 14.0 Å². The van der Waals surface area contributed by atoms with Gasteiger partial charge in [-0.1, -0.05) is 24.3 Å². The molecule has 1 N–H and O–H groups in total. The molecule has 1 aliphatic rings. The Hall–Kier alpha value is -2.99. The predicted molar refractivity (Wildman–Crippen MR) is 113 cm³/mol. The number of carbonyl (C=O) groups excluding carboxylic acids is 2. The maximum Gasteiger partial charge on any atom is 0.244 e. The minimum absolute atomic E-state index is 0.125. The van der Waals surface area contributed by atoms with E-state index in [4.69, 9.17) is 0 Å². The molecule has 1 fully saturated rings. The van der Waals surface area contributed by atoms with Crippen molar-refractivity contribution in [1.82, 2.24) is 10.2 Å². The summed E-state index contributed by atoms with van der Waals surface area (Å²) in [4.78, 5) is 27.8. The maximum atomic E-state index is 13.5. The summed E-state index contributed by atoms with van der Waals surface area (Å²) in [5.74, 6) is -0.354. The van der Waals surface area contributed by atoms with Crippen LogP contribution in [0.2, 0.25) is 0 Å². The Morgan fingerprint density at radius 3 is 2.62 bits per heavy atom. The highest BCUT2D eigenvalue weighted by atomic mass is 19.1. The zero-order chi connectivity index (χ0) is 20.8. The summed E-state index contributed by atoms with van der Waals surface area (Å²) >= 11 is 0. The summed E-state index contributed by atoms with van der Waals surface area (Å²) in [5, 5.41) is 2.87. The minimum Gasteiger partial charge on any atom is -0.351 e. The summed E-state index contributed by atoms with van der Waals surface area (Å²) in [6, 6.07) is 13.9. The largest absolute Gasteiger partial charge is 0.351 e. The van der Waals surface area contributed by atoms with Gasteiger partial charge in [-0.2, -0.15) is 0 Å². The molecule has 29 heavy (non-hydrogen) atoms. The number of halogens is 1. The van der Waals surface area contributed by atoms with E-state index in [2.05, 4.69) is 5.32 Å². The fourth-order valence-electron chi connectivity index (χ4n) is 3.43. The van der Waals surface area contributed by atoms with Crippen molar-refractivity contribution >= 4 is 23.6 Å². The normalized spacial score (nSPS) is 15.3. The minimum atomic E-state index is -0.292. The Kier molecular flexibility index (Phi) is 6.77. The van der Waals surface area contributed by atoms with Crippen LogP contribution >= 0.6 is 0 Å². The van der Waals surface area contributed by atoms with Gasteiger partial charge in [0.2, 0.25) is 11.8 Å². The molecule has 1 unspecified atom stereocenters. The number of carbonyl (C=O) groups is 2. The third-order valence-corrected chi connectivity index (χ3v) is 5.03. The molecule has 1 atom stereocenters. The van der Waals surface area contributed by atoms with E-state index in [0.717, 1.165) is 29.8 Å². The lowest BCUT2D eigenvalue weighted by molar-refractivity contribution is -0.117. The molecule has 5 nitrogen and oxygen atoms in total. The lowest BCUT2D eigenvalue weighted by atomic mass is 10.1. The van der Waals surface area contributed by atoms with Gasteiger partial charge in [-0.25, -0.2) is 4.39 Å². The topological polar surface area (TPSA) is 52.7 Å². The second-order valence-corrected chi connectivity index (χ2v) is 7.35. The van der Waals surface area contributed by atoms with E-state index >= 15 is 0 Å². The molecule has 6 heteroatoms. The van der Waals surface area contributed by atoms with Crippen molar-refractivity contribution in [2.75, 3.05) is 32.1 Å². The number of amides is 2. The summed E-state index contributed by atoms with van der Waals surface area (Å²) in [7, 11) is 3.79. The van der Waals surface area contributed by atoms with Crippen molar-refractivity contribution in [2.45, 2.75) is 18.9 Å². The van der Waals surface area contributed by atoms with Gasteiger partial charge in [0.1, 0.15) is 5.82 Å². The van der Waals surface area contributed by atoms with E-state index in [1.807, 2.05) is 49.3 Å². The molecular formula is C23H26FN3O2. The third kappa shape index (κ3) is 5.51. The molecule has 2 aromatic carbocycles. The molecule has 1 aliphatic heterocycles. The zero-order valence-electron chi connectivity index (χ0n) is 16.8. The summed E-state index contributed by atoms with van der Waals surface area (Å²) < 4.78 is 13.5. The number of anilines is 1. The van der Waals surface area contributed by atoms with Crippen LogP contribution in [0, 0.1) is 5.82 Å². The molecule has 1 heterocycles. The molecule has 1 saturated heterocycles. The van der Waals surface area contributed by atoms with Crippen LogP contribution in [0.3, 0.4) is 0 Å². The van der Waals surface area contributed by atoms with E-state index < -0.39 is 0 Å². The number of benzene rings is 2. The third-order valence-electron chi connectivity index (χ3n) is 5.03. The zero-order valence-corrected chi connectivity index (χ0v) is 16.8. The number of nitrogens with zero attached hydrogens (tertiary/aromatic N) is 2. The SMILES string of the molecule is CN(C)C(CNC(=O)C=Cc1ccc(N2CCCC2=O)cc1)c1cccc(F)c1. The van der Waals surface area contributed by atoms with E-state index in [-0.39, 0.29) is 23.7 Å². The van der Waals surface area contributed by atoms with Crippen molar-refractivity contribution in [1.29, 1.82) is 0 Å². The molecule has 0 saturated carbocycles. The highest BCUT2D eigenvalue weighted by Gasteiger charge is 2.21. The van der Waals surface area contributed by atoms with Crippen LogP contribution < -0.4 is 10.2 Å². The fourth-order valence-corrected chi connectivity index (χ4v) is 3.43. The Balaban J connectivity index is 1.56. The van der Waals surface area contributed by atoms with Gasteiger partial charge in [-0.05, 0) is 62.0 Å². The monoisotopic (exact) mass is 395 g/mol. The van der Waals surface area contributed by atoms with Crippen LogP contribution in [0.5, 0.6) is 0 Å². The summed E-state index contributed by atoms with van der Waals surface area (Å²) in [6.45, 7) is 1.13. The van der Waals surface area contributed by atoms with Crippen LogP contribution in [0.4, 0.5) is 10.1 Å². The second-order valence-electron chi connectivity index (χ2n) is 7.35. The quantitative estimate of drug-likeness (QED) is 0.732. The Morgan fingerprint density at radius 2 is 2.00 bits per heavy atom. The predicted octanol–water partition coefficient (Wildman–Crippen LogP) is 3.38. The number of hydrogen-bond donors (Lipinski definition) is 1. The average molecular weight is 395 g/mol. The maximum absolute atomic E-state index is 13.5. The first kappa shape index (κ1) is 20.7. The van der Waals surface area contributed by atoms with Gasteiger partial charge in [0.25, 0.3) is 0 Å². The van der Waals surface area contributed by atoms with Crippen molar-refractivity contribution in [3.05, 3.63) is 71.6 Å². The molecule has 152 valence electrons. The van der Waals surface area contributed by atoms with Gasteiger partial charge in [-0.15, -0.1) is 0 Å². The summed E-state index contributed by atoms with van der Waals surface area (Å²) in [5.41, 5.74) is 2.58. The first-order valence-corrected chi connectivity index (χ1v) is 9.72. The first-order valence-electron chi connectivity index (χ1n) is 9.72. The van der Waals surface area contributed by atoms with E-state index in [0.29, 0.717) is 13.0 Å². The number of hydrogen-bond acceptors (Lipinski definition) is 3. The van der Waals surface area contributed by atoms with Gasteiger partial charge in [0.05, 0.1) is 6.04 Å². The Labute approximate surface area is 170 Å². The standard InChI is InChI=1S/C23H26FN3O2/c1-26(2)21(18-5-3-6-19(24)15-18)16-25-22(28)13-10-17-8-11-20(12-9-17)27-14-4-7-23(27)29/h3,5-6,8-13,15,21H,4,7,14,16H2,1-2H3,(H,25,28). The number of likely N-dealkylation sites (N-methyl/N-ethyl adjacent to an activating group) is 1. The highest BCUT2D eigenvalue weighted by molar-refractivity contribution is 5.95. The highest BCUT2D eigenvalue weighted by Crippen LogP contribution is 2.22. The molecule has 0 spiro atoms. The van der Waals surface area contributed by atoms with Gasteiger partial charge in [-0.3, -0.25) is 9.59 Å². The smallest absolute Gasteiger partial charge is 0.244 e. The van der Waals surface area contributed by atoms with Crippen LogP contribution in [0.1, 0.15) is 30.0 Å². The Morgan fingerprint density at radius 1 is 1.24 bits per heavy atom. The molecule has 0 aliphatic carbocycles. The van der Waals surface area contributed by atoms with Gasteiger partial charge in [0.15, 0.2) is 0 Å². The second kappa shape index (κ2) is 9.47. The lowest BCUT2D eigenvalue weighted by Gasteiger charge is -2.24. The molecule has 3 rings (SSSR count).